The number of halogens is 1. The molecule has 1 unspecified atom stereocenters. The maximum Gasteiger partial charge on any atom is 0.136 e. The van der Waals surface area contributed by atoms with Gasteiger partial charge in [-0.1, -0.05) is 40.3 Å². The van der Waals surface area contributed by atoms with Crippen molar-refractivity contribution in [3.8, 4) is 0 Å². The zero-order valence-electron chi connectivity index (χ0n) is 10.4. The molecule has 0 radical (unpaired) electrons. The maximum atomic E-state index is 5.70. The van der Waals surface area contributed by atoms with Crippen molar-refractivity contribution in [3.05, 3.63) is 58.2 Å². The van der Waals surface area contributed by atoms with Crippen molar-refractivity contribution in [2.75, 3.05) is 5.32 Å². The number of nitrogens with zero attached hydrogens (tertiary/aromatic N) is 1. The highest BCUT2D eigenvalue weighted by atomic mass is 79.9. The SMILES string of the molecule is CC(Nc1ncccc1C(N)=S)c1cccc(Br)c1. The lowest BCUT2D eigenvalue weighted by molar-refractivity contribution is 0.873. The summed E-state index contributed by atoms with van der Waals surface area (Å²) in [6.07, 6.45) is 1.72. The van der Waals surface area contributed by atoms with Gasteiger partial charge in [0.25, 0.3) is 0 Å². The number of hydrogen-bond acceptors (Lipinski definition) is 3. The number of thiocarbonyl (C=S) groups is 1. The summed E-state index contributed by atoms with van der Waals surface area (Å²) in [5.41, 5.74) is 7.62. The molecule has 3 N–H and O–H groups in total. The molecule has 0 aliphatic heterocycles. The fourth-order valence-electron chi connectivity index (χ4n) is 1.78. The monoisotopic (exact) mass is 335 g/mol. The van der Waals surface area contributed by atoms with E-state index in [-0.39, 0.29) is 6.04 Å². The second kappa shape index (κ2) is 6.12. The summed E-state index contributed by atoms with van der Waals surface area (Å²) in [6, 6.07) is 11.9. The summed E-state index contributed by atoms with van der Waals surface area (Å²) < 4.78 is 1.05. The lowest BCUT2D eigenvalue weighted by Crippen LogP contribution is -2.16. The molecule has 1 atom stereocenters. The zero-order chi connectivity index (χ0) is 13.8. The van der Waals surface area contributed by atoms with Gasteiger partial charge in [-0.3, -0.25) is 0 Å². The number of nitrogens with two attached hydrogens (primary N) is 1. The Morgan fingerprint density at radius 3 is 2.84 bits per heavy atom. The minimum Gasteiger partial charge on any atom is -0.389 e. The molecule has 98 valence electrons. The van der Waals surface area contributed by atoms with E-state index in [0.717, 1.165) is 15.6 Å². The smallest absolute Gasteiger partial charge is 0.136 e. The van der Waals surface area contributed by atoms with Gasteiger partial charge in [-0.15, -0.1) is 0 Å². The molecule has 3 nitrogen and oxygen atoms in total. The quantitative estimate of drug-likeness (QED) is 0.837. The van der Waals surface area contributed by atoms with Crippen molar-refractivity contribution in [2.45, 2.75) is 13.0 Å². The van der Waals surface area contributed by atoms with Crippen LogP contribution in [0.25, 0.3) is 0 Å². The highest BCUT2D eigenvalue weighted by Gasteiger charge is 2.10. The van der Waals surface area contributed by atoms with Crippen LogP contribution in [0.2, 0.25) is 0 Å². The van der Waals surface area contributed by atoms with Crippen LogP contribution in [0, 0.1) is 0 Å². The van der Waals surface area contributed by atoms with Gasteiger partial charge in [-0.2, -0.15) is 0 Å². The van der Waals surface area contributed by atoms with Crippen LogP contribution in [0.3, 0.4) is 0 Å². The molecule has 0 saturated heterocycles. The standard InChI is InChI=1S/C14H14BrN3S/c1-9(10-4-2-5-11(15)8-10)18-14-12(13(16)19)6-3-7-17-14/h2-9H,1H3,(H2,16,19)(H,17,18). The van der Waals surface area contributed by atoms with E-state index in [1.165, 1.54) is 0 Å². The van der Waals surface area contributed by atoms with Gasteiger partial charge in [0.05, 0.1) is 5.56 Å². The summed E-state index contributed by atoms with van der Waals surface area (Å²) in [5.74, 6) is 0.711. The Morgan fingerprint density at radius 1 is 1.37 bits per heavy atom. The fourth-order valence-corrected chi connectivity index (χ4v) is 2.37. The van der Waals surface area contributed by atoms with Crippen molar-refractivity contribution in [2.24, 2.45) is 5.73 Å². The van der Waals surface area contributed by atoms with E-state index in [1.54, 1.807) is 6.20 Å². The molecule has 2 rings (SSSR count). The van der Waals surface area contributed by atoms with Gasteiger partial charge in [0.15, 0.2) is 0 Å². The Bertz CT molecular complexity index is 601. The van der Waals surface area contributed by atoms with Crippen LogP contribution in [0.15, 0.2) is 47.1 Å². The van der Waals surface area contributed by atoms with Crippen molar-refractivity contribution in [1.82, 2.24) is 4.98 Å². The number of benzene rings is 1. The van der Waals surface area contributed by atoms with E-state index in [9.17, 15) is 0 Å². The predicted molar refractivity (Wildman–Crippen MR) is 86.3 cm³/mol. The predicted octanol–water partition coefficient (Wildman–Crippen LogP) is 3.65. The third kappa shape index (κ3) is 3.52. The molecule has 5 heteroatoms. The van der Waals surface area contributed by atoms with Crippen LogP contribution in [0.5, 0.6) is 0 Å². The van der Waals surface area contributed by atoms with E-state index < -0.39 is 0 Å². The van der Waals surface area contributed by atoms with E-state index in [2.05, 4.69) is 45.3 Å². The van der Waals surface area contributed by atoms with Crippen LogP contribution in [0.1, 0.15) is 24.1 Å². The van der Waals surface area contributed by atoms with Gasteiger partial charge >= 0.3 is 0 Å². The van der Waals surface area contributed by atoms with Gasteiger partial charge < -0.3 is 11.1 Å². The number of rotatable bonds is 4. The number of aromatic nitrogens is 1. The van der Waals surface area contributed by atoms with Crippen LogP contribution in [0.4, 0.5) is 5.82 Å². The summed E-state index contributed by atoms with van der Waals surface area (Å²) >= 11 is 8.50. The van der Waals surface area contributed by atoms with Gasteiger partial charge in [0.1, 0.15) is 10.8 Å². The van der Waals surface area contributed by atoms with E-state index >= 15 is 0 Å². The molecule has 1 aromatic carbocycles. The van der Waals surface area contributed by atoms with Gasteiger partial charge in [0.2, 0.25) is 0 Å². The average molecular weight is 336 g/mol. The molecule has 0 aliphatic rings. The minimum absolute atomic E-state index is 0.112. The molecule has 1 aromatic heterocycles. The molecular weight excluding hydrogens is 322 g/mol. The second-order valence-corrected chi connectivity index (χ2v) is 5.54. The highest BCUT2D eigenvalue weighted by Crippen LogP contribution is 2.22. The first-order valence-corrected chi connectivity index (χ1v) is 7.05. The zero-order valence-corrected chi connectivity index (χ0v) is 12.8. The summed E-state index contributed by atoms with van der Waals surface area (Å²) in [7, 11) is 0. The van der Waals surface area contributed by atoms with Crippen molar-refractivity contribution < 1.29 is 0 Å². The number of nitrogens with one attached hydrogen (secondary N) is 1. The van der Waals surface area contributed by atoms with Gasteiger partial charge in [-0.05, 0) is 36.8 Å². The van der Waals surface area contributed by atoms with Crippen LogP contribution >= 0.6 is 28.1 Å². The lowest BCUT2D eigenvalue weighted by Gasteiger charge is -2.17. The molecule has 0 amide bonds. The Balaban J connectivity index is 2.24. The van der Waals surface area contributed by atoms with Crippen molar-refractivity contribution in [3.63, 3.8) is 0 Å². The number of pyridine rings is 1. The molecular formula is C14H14BrN3S. The minimum atomic E-state index is 0.112. The largest absolute Gasteiger partial charge is 0.389 e. The Kier molecular flexibility index (Phi) is 4.50. The van der Waals surface area contributed by atoms with Crippen LogP contribution in [-0.2, 0) is 0 Å². The normalized spacial score (nSPS) is 11.9. The first-order valence-electron chi connectivity index (χ1n) is 5.84. The topological polar surface area (TPSA) is 50.9 Å². The molecule has 0 spiro atoms. The Morgan fingerprint density at radius 2 is 2.16 bits per heavy atom. The van der Waals surface area contributed by atoms with E-state index in [1.807, 2.05) is 24.3 Å². The molecule has 2 aromatic rings. The van der Waals surface area contributed by atoms with Crippen molar-refractivity contribution in [1.29, 1.82) is 0 Å². The highest BCUT2D eigenvalue weighted by molar-refractivity contribution is 9.10. The van der Waals surface area contributed by atoms with Crippen molar-refractivity contribution >= 4 is 39.0 Å². The van der Waals surface area contributed by atoms with Crippen LogP contribution < -0.4 is 11.1 Å². The third-order valence-corrected chi connectivity index (χ3v) is 3.49. The average Bonchev–Trinajstić information content (AvgIpc) is 2.39. The third-order valence-electron chi connectivity index (χ3n) is 2.78. The summed E-state index contributed by atoms with van der Waals surface area (Å²) in [5, 5.41) is 3.34. The molecule has 0 fully saturated rings. The first kappa shape index (κ1) is 14.0. The molecule has 19 heavy (non-hydrogen) atoms. The van der Waals surface area contributed by atoms with Gasteiger partial charge in [-0.25, -0.2) is 4.98 Å². The van der Waals surface area contributed by atoms with Gasteiger partial charge in [0, 0.05) is 16.7 Å². The van der Waals surface area contributed by atoms with E-state index in [4.69, 9.17) is 18.0 Å². The Hall–Kier alpha value is -1.46. The second-order valence-electron chi connectivity index (χ2n) is 4.18. The number of hydrogen-bond donors (Lipinski definition) is 2. The molecule has 1 heterocycles. The number of anilines is 1. The summed E-state index contributed by atoms with van der Waals surface area (Å²) in [6.45, 7) is 2.07. The fraction of sp³-hybridized carbons (Fsp3) is 0.143. The summed E-state index contributed by atoms with van der Waals surface area (Å²) in [4.78, 5) is 4.64. The lowest BCUT2D eigenvalue weighted by atomic mass is 10.1. The molecule has 0 saturated carbocycles. The van der Waals surface area contributed by atoms with E-state index in [0.29, 0.717) is 10.8 Å². The molecule has 0 aliphatic carbocycles. The first-order chi connectivity index (χ1) is 9.08. The Labute approximate surface area is 126 Å². The van der Waals surface area contributed by atoms with Crippen LogP contribution in [-0.4, -0.2) is 9.97 Å². The molecule has 0 bridgehead atoms. The maximum absolute atomic E-state index is 5.70.